The number of anilines is 2. The van der Waals surface area contributed by atoms with Crippen molar-refractivity contribution in [2.75, 3.05) is 28.7 Å². The number of halogens is 1. The summed E-state index contributed by atoms with van der Waals surface area (Å²) >= 11 is 0. The number of hydrogen-bond donors (Lipinski definition) is 1. The van der Waals surface area contributed by atoms with Crippen LogP contribution in [0.1, 0.15) is 10.6 Å². The lowest BCUT2D eigenvalue weighted by Gasteiger charge is -2.19. The number of amides is 1. The number of nitrogens with zero attached hydrogens (tertiary/aromatic N) is 3. The van der Waals surface area contributed by atoms with E-state index in [0.29, 0.717) is 5.69 Å². The third kappa shape index (κ3) is 2.61. The van der Waals surface area contributed by atoms with Crippen molar-refractivity contribution in [3.05, 3.63) is 42.0 Å². The van der Waals surface area contributed by atoms with Gasteiger partial charge in [0, 0.05) is 25.7 Å². The maximum Gasteiger partial charge on any atom is 0.326 e. The Hall–Kier alpha value is -2.62. The van der Waals surface area contributed by atoms with Crippen molar-refractivity contribution in [2.24, 2.45) is 0 Å². The maximum absolute atomic E-state index is 13.4. The van der Waals surface area contributed by atoms with Gasteiger partial charge in [0.2, 0.25) is 5.76 Å². The Bertz CT molecular complexity index is 838. The van der Waals surface area contributed by atoms with E-state index >= 15 is 0 Å². The smallest absolute Gasteiger partial charge is 0.326 e. The first-order valence-electron chi connectivity index (χ1n) is 6.66. The number of benzene rings is 1. The van der Waals surface area contributed by atoms with Crippen LogP contribution in [0.3, 0.4) is 0 Å². The zero-order valence-electron chi connectivity index (χ0n) is 12.1. The van der Waals surface area contributed by atoms with Gasteiger partial charge >= 0.3 is 10.2 Å². The van der Waals surface area contributed by atoms with E-state index in [9.17, 15) is 17.6 Å². The van der Waals surface area contributed by atoms with Gasteiger partial charge in [-0.2, -0.15) is 8.42 Å². The van der Waals surface area contributed by atoms with Gasteiger partial charge in [0.05, 0.1) is 24.1 Å². The van der Waals surface area contributed by atoms with E-state index in [0.717, 1.165) is 14.7 Å². The second-order valence-electron chi connectivity index (χ2n) is 4.81. The highest BCUT2D eigenvalue weighted by atomic mass is 32.2. The quantitative estimate of drug-likeness (QED) is 0.886. The first-order valence-corrected chi connectivity index (χ1v) is 8.06. The van der Waals surface area contributed by atoms with Gasteiger partial charge in [-0.25, -0.2) is 8.70 Å². The summed E-state index contributed by atoms with van der Waals surface area (Å²) in [4.78, 5) is 11.7. The SMILES string of the molecule is CN1c2ccc(F)cc2N(CCNC(=O)c2ccno2)S1(=O)=O. The molecule has 0 radical (unpaired) electrons. The number of fused-ring (bicyclic) bond motifs is 1. The molecule has 1 aromatic heterocycles. The summed E-state index contributed by atoms with van der Waals surface area (Å²) in [5, 5.41) is 5.93. The fraction of sp³-hybridized carbons (Fsp3) is 0.231. The summed E-state index contributed by atoms with van der Waals surface area (Å²) in [6, 6.07) is 5.13. The predicted octanol–water partition coefficient (Wildman–Crippen LogP) is 0.745. The minimum atomic E-state index is -3.78. The summed E-state index contributed by atoms with van der Waals surface area (Å²) in [6.07, 6.45) is 1.33. The number of carbonyl (C=O) groups is 1. The molecule has 23 heavy (non-hydrogen) atoms. The maximum atomic E-state index is 13.4. The van der Waals surface area contributed by atoms with Gasteiger partial charge in [-0.3, -0.25) is 9.10 Å². The van der Waals surface area contributed by atoms with Crippen molar-refractivity contribution >= 4 is 27.5 Å². The van der Waals surface area contributed by atoms with E-state index in [2.05, 4.69) is 10.5 Å². The Morgan fingerprint density at radius 3 is 2.83 bits per heavy atom. The normalized spacial score (nSPS) is 15.6. The number of hydrogen-bond acceptors (Lipinski definition) is 5. The van der Waals surface area contributed by atoms with Gasteiger partial charge in [0.25, 0.3) is 5.91 Å². The fourth-order valence-electron chi connectivity index (χ4n) is 2.29. The second kappa shape index (κ2) is 5.54. The Balaban J connectivity index is 1.75. The minimum Gasteiger partial charge on any atom is -0.351 e. The first-order chi connectivity index (χ1) is 10.9. The monoisotopic (exact) mass is 340 g/mol. The third-order valence-electron chi connectivity index (χ3n) is 3.43. The number of nitrogens with one attached hydrogen (secondary N) is 1. The molecule has 1 aliphatic rings. The molecule has 2 aromatic rings. The fourth-order valence-corrected chi connectivity index (χ4v) is 3.70. The summed E-state index contributed by atoms with van der Waals surface area (Å²) < 4.78 is 44.9. The van der Waals surface area contributed by atoms with Crippen LogP contribution in [0.5, 0.6) is 0 Å². The van der Waals surface area contributed by atoms with Crippen LogP contribution < -0.4 is 13.9 Å². The molecule has 1 amide bonds. The molecule has 2 heterocycles. The molecular formula is C13H13FN4O4S. The van der Waals surface area contributed by atoms with Crippen LogP contribution in [0.2, 0.25) is 0 Å². The summed E-state index contributed by atoms with van der Waals surface area (Å²) in [7, 11) is -2.39. The molecule has 0 aliphatic carbocycles. The Kier molecular flexibility index (Phi) is 3.68. The van der Waals surface area contributed by atoms with Gasteiger partial charge in [-0.1, -0.05) is 5.16 Å². The zero-order valence-corrected chi connectivity index (χ0v) is 12.9. The Labute approximate surface area is 131 Å². The van der Waals surface area contributed by atoms with Crippen molar-refractivity contribution in [1.29, 1.82) is 0 Å². The molecule has 0 unspecified atom stereocenters. The van der Waals surface area contributed by atoms with Gasteiger partial charge < -0.3 is 9.84 Å². The van der Waals surface area contributed by atoms with Crippen LogP contribution in [0.4, 0.5) is 15.8 Å². The average Bonchev–Trinajstić information content (AvgIpc) is 3.09. The molecule has 3 rings (SSSR count). The van der Waals surface area contributed by atoms with Crippen molar-refractivity contribution < 1.29 is 22.1 Å². The number of rotatable bonds is 4. The van der Waals surface area contributed by atoms with Gasteiger partial charge in [0.15, 0.2) is 0 Å². The molecule has 0 saturated heterocycles. The van der Waals surface area contributed by atoms with E-state index < -0.39 is 21.9 Å². The molecule has 0 fully saturated rings. The Morgan fingerprint density at radius 1 is 1.35 bits per heavy atom. The molecule has 0 saturated carbocycles. The van der Waals surface area contributed by atoms with Crippen molar-refractivity contribution in [3.8, 4) is 0 Å². The van der Waals surface area contributed by atoms with E-state index in [4.69, 9.17) is 4.52 Å². The molecule has 0 atom stereocenters. The topological polar surface area (TPSA) is 95.8 Å². The van der Waals surface area contributed by atoms with Gasteiger partial charge in [-0.15, -0.1) is 0 Å². The van der Waals surface area contributed by atoms with E-state index in [1.54, 1.807) is 0 Å². The minimum absolute atomic E-state index is 0.0258. The highest BCUT2D eigenvalue weighted by Gasteiger charge is 2.37. The third-order valence-corrected chi connectivity index (χ3v) is 5.26. The number of carbonyl (C=O) groups excluding carboxylic acids is 1. The zero-order chi connectivity index (χ0) is 16.6. The van der Waals surface area contributed by atoms with E-state index in [1.807, 2.05) is 0 Å². The van der Waals surface area contributed by atoms with Crippen LogP contribution >= 0.6 is 0 Å². The molecular weight excluding hydrogens is 327 g/mol. The lowest BCUT2D eigenvalue weighted by Crippen LogP contribution is -2.40. The van der Waals surface area contributed by atoms with Crippen LogP contribution in [-0.2, 0) is 10.2 Å². The summed E-state index contributed by atoms with van der Waals surface area (Å²) in [5.74, 6) is -1.02. The van der Waals surface area contributed by atoms with Crippen LogP contribution in [0.15, 0.2) is 35.0 Å². The first kappa shape index (κ1) is 15.3. The van der Waals surface area contributed by atoms with E-state index in [-0.39, 0.29) is 24.5 Å². The van der Waals surface area contributed by atoms with Crippen molar-refractivity contribution in [3.63, 3.8) is 0 Å². The highest BCUT2D eigenvalue weighted by Crippen LogP contribution is 2.39. The van der Waals surface area contributed by atoms with Gasteiger partial charge in [0.1, 0.15) is 5.82 Å². The second-order valence-corrected chi connectivity index (χ2v) is 6.70. The van der Waals surface area contributed by atoms with Crippen LogP contribution in [0, 0.1) is 5.82 Å². The van der Waals surface area contributed by atoms with Crippen molar-refractivity contribution in [1.82, 2.24) is 10.5 Å². The predicted molar refractivity (Wildman–Crippen MR) is 79.9 cm³/mol. The van der Waals surface area contributed by atoms with Gasteiger partial charge in [-0.05, 0) is 12.1 Å². The summed E-state index contributed by atoms with van der Waals surface area (Å²) in [5.41, 5.74) is 0.620. The summed E-state index contributed by atoms with van der Waals surface area (Å²) in [6.45, 7) is -0.00837. The lowest BCUT2D eigenvalue weighted by molar-refractivity contribution is 0.0918. The molecule has 8 nitrogen and oxygen atoms in total. The average molecular weight is 340 g/mol. The molecule has 10 heteroatoms. The van der Waals surface area contributed by atoms with Crippen LogP contribution in [-0.4, -0.2) is 39.6 Å². The van der Waals surface area contributed by atoms with E-state index in [1.165, 1.54) is 31.4 Å². The van der Waals surface area contributed by atoms with Crippen LogP contribution in [0.25, 0.3) is 0 Å². The largest absolute Gasteiger partial charge is 0.351 e. The number of aromatic nitrogens is 1. The molecule has 0 spiro atoms. The molecule has 0 bridgehead atoms. The molecule has 1 N–H and O–H groups in total. The Morgan fingerprint density at radius 2 is 2.13 bits per heavy atom. The molecule has 1 aromatic carbocycles. The lowest BCUT2D eigenvalue weighted by atomic mass is 10.2. The standard InChI is InChI=1S/C13H13FN4O4S/c1-17-10-3-2-9(14)8-11(10)18(23(17,20)21)7-6-15-13(19)12-4-5-16-22-12/h2-5,8H,6-7H2,1H3,(H,15,19). The molecule has 1 aliphatic heterocycles. The van der Waals surface area contributed by atoms with Crippen molar-refractivity contribution in [2.45, 2.75) is 0 Å². The highest BCUT2D eigenvalue weighted by molar-refractivity contribution is 7.94. The molecule has 122 valence electrons.